The number of benzene rings is 3. The normalized spacial score (nSPS) is 10.9. The number of nitriles is 1. The smallest absolute Gasteiger partial charge is 0.154 e. The number of halogens is 3. The molecule has 26 heavy (non-hydrogen) atoms. The lowest BCUT2D eigenvalue weighted by molar-refractivity contribution is 0.576. The Morgan fingerprint density at radius 3 is 2.27 bits per heavy atom. The van der Waals surface area contributed by atoms with Crippen molar-refractivity contribution in [3.05, 3.63) is 71.0 Å². The van der Waals surface area contributed by atoms with Crippen molar-refractivity contribution in [1.82, 2.24) is 0 Å². The predicted octanol–water partition coefficient (Wildman–Crippen LogP) is 6.53. The standard InChI is InChI=1S/C22H18F3N/c1-2-3-4-5-14-6-8-15(9-7-14)16-10-17-12-19(23)18(13-26)22(25)21(17)20(24)11-16/h6-12H,2-5H2,1H3. The van der Waals surface area contributed by atoms with Crippen LogP contribution < -0.4 is 0 Å². The van der Waals surface area contributed by atoms with Crippen LogP contribution in [-0.4, -0.2) is 0 Å². The molecule has 0 bridgehead atoms. The first-order valence-corrected chi connectivity index (χ1v) is 8.65. The Kier molecular flexibility index (Phi) is 5.27. The highest BCUT2D eigenvalue weighted by atomic mass is 19.1. The second-order valence-corrected chi connectivity index (χ2v) is 6.37. The van der Waals surface area contributed by atoms with Gasteiger partial charge in [-0.25, -0.2) is 13.2 Å². The van der Waals surface area contributed by atoms with Crippen LogP contribution in [0.4, 0.5) is 13.2 Å². The average Bonchev–Trinajstić information content (AvgIpc) is 2.62. The van der Waals surface area contributed by atoms with Crippen LogP contribution in [0, 0.1) is 28.8 Å². The Morgan fingerprint density at radius 2 is 1.62 bits per heavy atom. The highest BCUT2D eigenvalue weighted by Gasteiger charge is 2.17. The lowest BCUT2D eigenvalue weighted by atomic mass is 9.97. The molecule has 0 unspecified atom stereocenters. The second-order valence-electron chi connectivity index (χ2n) is 6.37. The van der Waals surface area contributed by atoms with Crippen LogP contribution in [0.3, 0.4) is 0 Å². The first-order chi connectivity index (χ1) is 12.5. The van der Waals surface area contributed by atoms with E-state index in [-0.39, 0.29) is 10.8 Å². The SMILES string of the molecule is CCCCCc1ccc(-c2cc(F)c3c(F)c(C#N)c(F)cc3c2)cc1. The van der Waals surface area contributed by atoms with E-state index in [0.717, 1.165) is 30.9 Å². The molecule has 0 heterocycles. The number of nitrogens with zero attached hydrogens (tertiary/aromatic N) is 1. The van der Waals surface area contributed by atoms with Crippen molar-refractivity contribution in [1.29, 1.82) is 5.26 Å². The van der Waals surface area contributed by atoms with Gasteiger partial charge >= 0.3 is 0 Å². The zero-order valence-electron chi connectivity index (χ0n) is 14.5. The fourth-order valence-electron chi connectivity index (χ4n) is 3.12. The molecule has 0 saturated carbocycles. The third kappa shape index (κ3) is 3.43. The minimum Gasteiger partial charge on any atom is -0.206 e. The summed E-state index contributed by atoms with van der Waals surface area (Å²) in [7, 11) is 0. The van der Waals surface area contributed by atoms with Gasteiger partial charge < -0.3 is 0 Å². The van der Waals surface area contributed by atoms with Crippen LogP contribution in [0.15, 0.2) is 42.5 Å². The van der Waals surface area contributed by atoms with Gasteiger partial charge in [0.2, 0.25) is 0 Å². The molecule has 0 aliphatic carbocycles. The zero-order valence-corrected chi connectivity index (χ0v) is 14.5. The first kappa shape index (κ1) is 18.0. The van der Waals surface area contributed by atoms with Crippen molar-refractivity contribution in [2.45, 2.75) is 32.6 Å². The summed E-state index contributed by atoms with van der Waals surface area (Å²) in [6, 6.07) is 13.0. The van der Waals surface area contributed by atoms with E-state index in [1.54, 1.807) is 0 Å². The molecule has 0 radical (unpaired) electrons. The molecule has 0 atom stereocenters. The van der Waals surface area contributed by atoms with Gasteiger partial charge in [-0.1, -0.05) is 44.0 Å². The number of rotatable bonds is 5. The van der Waals surface area contributed by atoms with E-state index in [2.05, 4.69) is 6.92 Å². The molecule has 0 fully saturated rings. The molecular weight excluding hydrogens is 335 g/mol. The number of unbranched alkanes of at least 4 members (excludes halogenated alkanes) is 2. The van der Waals surface area contributed by atoms with Crippen molar-refractivity contribution < 1.29 is 13.2 Å². The summed E-state index contributed by atoms with van der Waals surface area (Å²) >= 11 is 0. The van der Waals surface area contributed by atoms with Gasteiger partial charge in [-0.2, -0.15) is 5.26 Å². The van der Waals surface area contributed by atoms with Gasteiger partial charge in [0.1, 0.15) is 23.3 Å². The quantitative estimate of drug-likeness (QED) is 0.479. The Balaban J connectivity index is 2.00. The highest BCUT2D eigenvalue weighted by Crippen LogP contribution is 2.31. The summed E-state index contributed by atoms with van der Waals surface area (Å²) in [6.45, 7) is 2.16. The van der Waals surface area contributed by atoms with Crippen molar-refractivity contribution in [3.63, 3.8) is 0 Å². The van der Waals surface area contributed by atoms with Gasteiger partial charge in [0, 0.05) is 0 Å². The van der Waals surface area contributed by atoms with E-state index in [0.29, 0.717) is 5.56 Å². The van der Waals surface area contributed by atoms with E-state index in [1.165, 1.54) is 30.2 Å². The third-order valence-corrected chi connectivity index (χ3v) is 4.55. The van der Waals surface area contributed by atoms with Crippen molar-refractivity contribution in [2.24, 2.45) is 0 Å². The summed E-state index contributed by atoms with van der Waals surface area (Å²) in [5, 5.41) is 8.57. The van der Waals surface area contributed by atoms with E-state index in [4.69, 9.17) is 5.26 Å². The minimum absolute atomic E-state index is 0.0982. The summed E-state index contributed by atoms with van der Waals surface area (Å²) in [5.74, 6) is -2.95. The van der Waals surface area contributed by atoms with Gasteiger partial charge in [-0.3, -0.25) is 0 Å². The van der Waals surface area contributed by atoms with Gasteiger partial charge in [-0.05, 0) is 53.1 Å². The molecule has 0 aromatic heterocycles. The molecule has 1 nitrogen and oxygen atoms in total. The summed E-state index contributed by atoms with van der Waals surface area (Å²) < 4.78 is 42.5. The second kappa shape index (κ2) is 7.61. The van der Waals surface area contributed by atoms with Crippen molar-refractivity contribution in [2.75, 3.05) is 0 Å². The highest BCUT2D eigenvalue weighted by molar-refractivity contribution is 5.89. The van der Waals surface area contributed by atoms with E-state index >= 15 is 0 Å². The molecule has 0 amide bonds. The first-order valence-electron chi connectivity index (χ1n) is 8.65. The fourth-order valence-corrected chi connectivity index (χ4v) is 3.12. The number of hydrogen-bond acceptors (Lipinski definition) is 1. The molecule has 3 aromatic rings. The Hall–Kier alpha value is -2.80. The van der Waals surface area contributed by atoms with E-state index in [1.807, 2.05) is 24.3 Å². The van der Waals surface area contributed by atoms with Crippen LogP contribution in [0.5, 0.6) is 0 Å². The van der Waals surface area contributed by atoms with Crippen molar-refractivity contribution >= 4 is 10.8 Å². The molecule has 0 N–H and O–H groups in total. The lowest BCUT2D eigenvalue weighted by Crippen LogP contribution is -1.95. The Labute approximate surface area is 150 Å². The molecule has 132 valence electrons. The van der Waals surface area contributed by atoms with Crippen LogP contribution in [0.2, 0.25) is 0 Å². The molecule has 0 aliphatic heterocycles. The van der Waals surface area contributed by atoms with Gasteiger partial charge in [-0.15, -0.1) is 0 Å². The maximum atomic E-state index is 14.5. The monoisotopic (exact) mass is 353 g/mol. The van der Waals surface area contributed by atoms with E-state index < -0.39 is 23.0 Å². The molecule has 0 spiro atoms. The number of hydrogen-bond donors (Lipinski definition) is 0. The van der Waals surface area contributed by atoms with Crippen LogP contribution in [-0.2, 0) is 6.42 Å². The lowest BCUT2D eigenvalue weighted by Gasteiger charge is -2.09. The Bertz CT molecular complexity index is 985. The number of aryl methyl sites for hydroxylation is 1. The largest absolute Gasteiger partial charge is 0.206 e. The summed E-state index contributed by atoms with van der Waals surface area (Å²) in [5.41, 5.74) is 1.76. The maximum absolute atomic E-state index is 14.5. The molecule has 3 aromatic carbocycles. The van der Waals surface area contributed by atoms with Crippen molar-refractivity contribution in [3.8, 4) is 17.2 Å². The molecule has 4 heteroatoms. The van der Waals surface area contributed by atoms with E-state index in [9.17, 15) is 13.2 Å². The Morgan fingerprint density at radius 1 is 0.885 bits per heavy atom. The molecule has 3 rings (SSSR count). The van der Waals surface area contributed by atoms with Crippen LogP contribution in [0.25, 0.3) is 21.9 Å². The topological polar surface area (TPSA) is 23.8 Å². The molecular formula is C22H18F3N. The minimum atomic E-state index is -1.15. The molecule has 0 saturated heterocycles. The van der Waals surface area contributed by atoms with Gasteiger partial charge in [0.15, 0.2) is 5.82 Å². The predicted molar refractivity (Wildman–Crippen MR) is 97.2 cm³/mol. The summed E-state index contributed by atoms with van der Waals surface area (Å²) in [6.07, 6.45) is 4.46. The zero-order chi connectivity index (χ0) is 18.7. The van der Waals surface area contributed by atoms with Crippen LogP contribution >= 0.6 is 0 Å². The van der Waals surface area contributed by atoms with Gasteiger partial charge in [0.25, 0.3) is 0 Å². The molecule has 0 aliphatic rings. The number of fused-ring (bicyclic) bond motifs is 1. The third-order valence-electron chi connectivity index (χ3n) is 4.55. The average molecular weight is 353 g/mol. The fraction of sp³-hybridized carbons (Fsp3) is 0.227. The maximum Gasteiger partial charge on any atom is 0.154 e. The summed E-state index contributed by atoms with van der Waals surface area (Å²) in [4.78, 5) is 0. The van der Waals surface area contributed by atoms with Crippen LogP contribution in [0.1, 0.15) is 37.3 Å². The van der Waals surface area contributed by atoms with Gasteiger partial charge in [0.05, 0.1) is 5.39 Å².